The molecule has 0 saturated carbocycles. The standard InChI is InChI=1S/C26H56N.H2O/c1-5-9-13-14-15-16-17-18-19-20-21-22-26-27(23-10-6-2,24-11-7-3)25-12-8-4;/h5-26H2,1-4H3;1H2/q+1;/p-1. The van der Waals surface area contributed by atoms with E-state index >= 15 is 0 Å². The fourth-order valence-electron chi connectivity index (χ4n) is 4.44. The summed E-state index contributed by atoms with van der Waals surface area (Å²) < 4.78 is 1.44. The largest absolute Gasteiger partial charge is 0.870 e. The van der Waals surface area contributed by atoms with Crippen molar-refractivity contribution < 1.29 is 9.96 Å². The van der Waals surface area contributed by atoms with Gasteiger partial charge in [-0.25, -0.2) is 0 Å². The van der Waals surface area contributed by atoms with E-state index in [2.05, 4.69) is 27.7 Å². The fourth-order valence-corrected chi connectivity index (χ4v) is 4.44. The quantitative estimate of drug-likeness (QED) is 0.132. The summed E-state index contributed by atoms with van der Waals surface area (Å²) in [5.41, 5.74) is 0. The topological polar surface area (TPSA) is 30.0 Å². The SMILES string of the molecule is CCCCCCCCCCCCCC[N+](CCCC)(CCCC)CCCC.[OH-]. The van der Waals surface area contributed by atoms with Gasteiger partial charge in [0.15, 0.2) is 0 Å². The molecule has 0 aromatic rings. The number of hydrogen-bond acceptors (Lipinski definition) is 1. The predicted molar refractivity (Wildman–Crippen MR) is 127 cm³/mol. The molecule has 2 heteroatoms. The van der Waals surface area contributed by atoms with Gasteiger partial charge in [-0.05, 0) is 32.1 Å². The van der Waals surface area contributed by atoms with Crippen LogP contribution >= 0.6 is 0 Å². The Morgan fingerprint density at radius 2 is 0.571 bits per heavy atom. The summed E-state index contributed by atoms with van der Waals surface area (Å²) >= 11 is 0. The van der Waals surface area contributed by atoms with Gasteiger partial charge in [0.05, 0.1) is 26.2 Å². The third-order valence-electron chi connectivity index (χ3n) is 6.44. The van der Waals surface area contributed by atoms with E-state index in [4.69, 9.17) is 0 Å². The van der Waals surface area contributed by atoms with Crippen LogP contribution in [-0.4, -0.2) is 36.1 Å². The van der Waals surface area contributed by atoms with E-state index in [-0.39, 0.29) is 5.48 Å². The van der Waals surface area contributed by atoms with Crippen LogP contribution in [0.2, 0.25) is 0 Å². The molecule has 1 N–H and O–H groups in total. The van der Waals surface area contributed by atoms with Crippen LogP contribution in [0.4, 0.5) is 0 Å². The van der Waals surface area contributed by atoms with E-state index in [1.807, 2.05) is 0 Å². The minimum absolute atomic E-state index is 0. The lowest BCUT2D eigenvalue weighted by molar-refractivity contribution is -0.929. The zero-order chi connectivity index (χ0) is 20.1. The number of hydrogen-bond donors (Lipinski definition) is 0. The van der Waals surface area contributed by atoms with E-state index in [0.717, 1.165) is 0 Å². The second kappa shape index (κ2) is 23.2. The van der Waals surface area contributed by atoms with Gasteiger partial charge in [0.25, 0.3) is 0 Å². The highest BCUT2D eigenvalue weighted by Gasteiger charge is 2.24. The van der Waals surface area contributed by atoms with Gasteiger partial charge in [-0.15, -0.1) is 0 Å². The molecule has 0 saturated heterocycles. The maximum absolute atomic E-state index is 2.36. The second-order valence-corrected chi connectivity index (χ2v) is 9.19. The molecule has 0 amide bonds. The van der Waals surface area contributed by atoms with Crippen molar-refractivity contribution >= 4 is 0 Å². The molecular formula is C26H57NO. The van der Waals surface area contributed by atoms with Crippen molar-refractivity contribution in [1.82, 2.24) is 0 Å². The highest BCUT2D eigenvalue weighted by molar-refractivity contribution is 4.52. The van der Waals surface area contributed by atoms with Crippen LogP contribution in [0.5, 0.6) is 0 Å². The molecule has 0 bridgehead atoms. The maximum atomic E-state index is 2.36. The second-order valence-electron chi connectivity index (χ2n) is 9.19. The Kier molecular flexibility index (Phi) is 25.0. The van der Waals surface area contributed by atoms with Crippen molar-refractivity contribution in [3.63, 3.8) is 0 Å². The number of nitrogens with zero attached hydrogens (tertiary/aromatic N) is 1. The Hall–Kier alpha value is -0.0800. The van der Waals surface area contributed by atoms with Gasteiger partial charge in [0.1, 0.15) is 0 Å². The van der Waals surface area contributed by atoms with Crippen molar-refractivity contribution in [2.24, 2.45) is 0 Å². The van der Waals surface area contributed by atoms with E-state index in [1.165, 1.54) is 146 Å². The van der Waals surface area contributed by atoms with E-state index in [1.54, 1.807) is 0 Å². The average molecular weight is 400 g/mol. The van der Waals surface area contributed by atoms with Crippen molar-refractivity contribution in [2.75, 3.05) is 26.2 Å². The Morgan fingerprint density at radius 1 is 0.321 bits per heavy atom. The Labute approximate surface area is 179 Å². The highest BCUT2D eigenvalue weighted by atomic mass is 16.0. The first-order valence-electron chi connectivity index (χ1n) is 13.1. The fraction of sp³-hybridized carbons (Fsp3) is 1.00. The molecule has 0 atom stereocenters. The van der Waals surface area contributed by atoms with Gasteiger partial charge in [0.2, 0.25) is 0 Å². The molecule has 0 radical (unpaired) electrons. The molecule has 0 heterocycles. The van der Waals surface area contributed by atoms with E-state index < -0.39 is 0 Å². The number of rotatable bonds is 22. The molecule has 0 aliphatic rings. The van der Waals surface area contributed by atoms with E-state index in [9.17, 15) is 0 Å². The van der Waals surface area contributed by atoms with Crippen molar-refractivity contribution in [3.8, 4) is 0 Å². The monoisotopic (exact) mass is 399 g/mol. The third-order valence-corrected chi connectivity index (χ3v) is 6.44. The Morgan fingerprint density at radius 3 is 0.893 bits per heavy atom. The molecule has 0 aromatic heterocycles. The van der Waals surface area contributed by atoms with Crippen LogP contribution in [-0.2, 0) is 0 Å². The Balaban J connectivity index is 0. The summed E-state index contributed by atoms with van der Waals surface area (Å²) in [5.74, 6) is 0. The van der Waals surface area contributed by atoms with Gasteiger partial charge in [-0.2, -0.15) is 0 Å². The average Bonchev–Trinajstić information content (AvgIpc) is 2.69. The minimum Gasteiger partial charge on any atom is -0.870 e. The van der Waals surface area contributed by atoms with Crippen LogP contribution in [0.1, 0.15) is 143 Å². The predicted octanol–water partition coefficient (Wildman–Crippen LogP) is 8.73. The van der Waals surface area contributed by atoms with Crippen molar-refractivity contribution in [2.45, 2.75) is 143 Å². The smallest absolute Gasteiger partial charge is 0.0786 e. The molecule has 0 aliphatic heterocycles. The normalized spacial score (nSPS) is 11.6. The molecule has 172 valence electrons. The summed E-state index contributed by atoms with van der Waals surface area (Å²) in [5, 5.41) is 0. The molecule has 28 heavy (non-hydrogen) atoms. The Bertz CT molecular complexity index is 258. The zero-order valence-corrected chi connectivity index (χ0v) is 20.5. The minimum atomic E-state index is 0. The van der Waals surface area contributed by atoms with Crippen molar-refractivity contribution in [1.29, 1.82) is 0 Å². The summed E-state index contributed by atoms with van der Waals surface area (Å²) in [6.07, 6.45) is 25.9. The molecule has 0 spiro atoms. The number of unbranched alkanes of at least 4 members (excludes halogenated alkanes) is 14. The van der Waals surface area contributed by atoms with Gasteiger partial charge < -0.3 is 9.96 Å². The van der Waals surface area contributed by atoms with Gasteiger partial charge in [-0.3, -0.25) is 0 Å². The maximum Gasteiger partial charge on any atom is 0.0786 e. The first kappa shape index (κ1) is 30.1. The molecule has 0 unspecified atom stereocenters. The van der Waals surface area contributed by atoms with Crippen LogP contribution in [0, 0.1) is 0 Å². The van der Waals surface area contributed by atoms with Crippen LogP contribution in [0.25, 0.3) is 0 Å². The molecule has 0 aromatic carbocycles. The van der Waals surface area contributed by atoms with Gasteiger partial charge >= 0.3 is 0 Å². The van der Waals surface area contributed by atoms with Crippen LogP contribution in [0.15, 0.2) is 0 Å². The summed E-state index contributed by atoms with van der Waals surface area (Å²) in [6, 6.07) is 0. The number of quaternary nitrogens is 1. The van der Waals surface area contributed by atoms with E-state index in [0.29, 0.717) is 0 Å². The molecule has 0 fully saturated rings. The van der Waals surface area contributed by atoms with Crippen molar-refractivity contribution in [3.05, 3.63) is 0 Å². The van der Waals surface area contributed by atoms with Gasteiger partial charge in [0, 0.05) is 0 Å². The zero-order valence-electron chi connectivity index (χ0n) is 20.5. The lowest BCUT2D eigenvalue weighted by Gasteiger charge is -2.39. The lowest BCUT2D eigenvalue weighted by atomic mass is 10.0. The molecule has 2 nitrogen and oxygen atoms in total. The first-order chi connectivity index (χ1) is 13.2. The van der Waals surface area contributed by atoms with Crippen LogP contribution < -0.4 is 0 Å². The highest BCUT2D eigenvalue weighted by Crippen LogP contribution is 2.18. The first-order valence-corrected chi connectivity index (χ1v) is 13.1. The molecular weight excluding hydrogens is 342 g/mol. The lowest BCUT2D eigenvalue weighted by Crippen LogP contribution is -2.50. The molecule has 0 rings (SSSR count). The molecule has 0 aliphatic carbocycles. The summed E-state index contributed by atoms with van der Waals surface area (Å²) in [6.45, 7) is 15.2. The summed E-state index contributed by atoms with van der Waals surface area (Å²) in [4.78, 5) is 0. The third kappa shape index (κ3) is 18.0. The summed E-state index contributed by atoms with van der Waals surface area (Å²) in [7, 11) is 0. The van der Waals surface area contributed by atoms with Crippen LogP contribution in [0.3, 0.4) is 0 Å². The van der Waals surface area contributed by atoms with Gasteiger partial charge in [-0.1, -0.05) is 111 Å².